The van der Waals surface area contributed by atoms with Crippen molar-refractivity contribution in [3.8, 4) is 11.3 Å². The van der Waals surface area contributed by atoms with Gasteiger partial charge in [0.15, 0.2) is 0 Å². The molecule has 2 N–H and O–H groups in total. The van der Waals surface area contributed by atoms with Gasteiger partial charge in [0.05, 0.1) is 28.8 Å². The number of benzene rings is 1. The summed E-state index contributed by atoms with van der Waals surface area (Å²) >= 11 is 0. The first kappa shape index (κ1) is 30.0. The minimum atomic E-state index is -2.87. The SMILES string of the molecule is CCN(CC)C1CCN(C(/C=C(\C)OC(F)F)=C(/C=C/Nc2cc(-c3ccc4cnn(C)c4c3)ncn2)NC)CC1. The Labute approximate surface area is 240 Å². The van der Waals surface area contributed by atoms with Crippen molar-refractivity contribution >= 4 is 16.7 Å². The summed E-state index contributed by atoms with van der Waals surface area (Å²) in [6, 6.07) is 8.49. The number of halogens is 2. The molecule has 220 valence electrons. The van der Waals surface area contributed by atoms with E-state index in [2.05, 4.69) is 60.2 Å². The molecule has 41 heavy (non-hydrogen) atoms. The summed E-state index contributed by atoms with van der Waals surface area (Å²) < 4.78 is 32.4. The Kier molecular flexibility index (Phi) is 10.3. The van der Waals surface area contributed by atoms with Gasteiger partial charge in [-0.05, 0) is 45.0 Å². The van der Waals surface area contributed by atoms with Crippen LogP contribution in [0.5, 0.6) is 0 Å². The van der Waals surface area contributed by atoms with E-state index in [0.29, 0.717) is 11.9 Å². The number of aromatic nitrogens is 4. The van der Waals surface area contributed by atoms with Crippen LogP contribution in [0.15, 0.2) is 72.3 Å². The molecule has 0 saturated carbocycles. The van der Waals surface area contributed by atoms with Crippen molar-refractivity contribution in [1.82, 2.24) is 34.9 Å². The van der Waals surface area contributed by atoms with Crippen molar-refractivity contribution in [2.24, 2.45) is 7.05 Å². The Morgan fingerprint density at radius 3 is 2.61 bits per heavy atom. The van der Waals surface area contributed by atoms with Gasteiger partial charge < -0.3 is 25.2 Å². The zero-order chi connectivity index (χ0) is 29.4. The first-order valence-corrected chi connectivity index (χ1v) is 14.0. The number of aryl methyl sites for hydroxylation is 1. The third-order valence-electron chi connectivity index (χ3n) is 7.49. The zero-order valence-corrected chi connectivity index (χ0v) is 24.4. The van der Waals surface area contributed by atoms with Gasteiger partial charge in [-0.2, -0.15) is 13.9 Å². The fourth-order valence-electron chi connectivity index (χ4n) is 5.32. The second kappa shape index (κ2) is 14.1. The number of likely N-dealkylation sites (N-methyl/N-ethyl adjacent to an activating group) is 1. The Morgan fingerprint density at radius 1 is 1.17 bits per heavy atom. The van der Waals surface area contributed by atoms with E-state index < -0.39 is 6.61 Å². The molecular formula is C30H40F2N8O. The first-order valence-electron chi connectivity index (χ1n) is 14.0. The van der Waals surface area contributed by atoms with Gasteiger partial charge in [-0.3, -0.25) is 4.68 Å². The molecule has 3 aromatic rings. The predicted molar refractivity (Wildman–Crippen MR) is 159 cm³/mol. The lowest BCUT2D eigenvalue weighted by Gasteiger charge is -2.39. The molecule has 1 saturated heterocycles. The highest BCUT2D eigenvalue weighted by molar-refractivity contribution is 5.83. The number of alkyl halides is 2. The standard InChI is InChI=1S/C30H40F2N8O/c1-6-39(7-2)24-11-14-40(15-12-24)28(16-21(3)41-30(31)32)25(33-4)10-13-34-29-18-26(35-20-36-29)22-8-9-23-19-37-38(5)27(23)17-22/h8-10,13,16-20,24,30,33H,6-7,11-12,14-15H2,1-5H3,(H,34,35,36)/b13-10+,21-16+,28-25-. The first-order chi connectivity index (χ1) is 19.8. The van der Waals surface area contributed by atoms with Gasteiger partial charge >= 0.3 is 6.61 Å². The zero-order valence-electron chi connectivity index (χ0n) is 24.4. The molecule has 9 nitrogen and oxygen atoms in total. The fraction of sp³-hybridized carbons (Fsp3) is 0.433. The quantitative estimate of drug-likeness (QED) is 0.225. The molecule has 0 radical (unpaired) electrons. The normalized spacial score (nSPS) is 15.7. The molecule has 4 rings (SSSR count). The van der Waals surface area contributed by atoms with Crippen molar-refractivity contribution < 1.29 is 13.5 Å². The van der Waals surface area contributed by atoms with Gasteiger partial charge in [-0.1, -0.05) is 26.0 Å². The summed E-state index contributed by atoms with van der Waals surface area (Å²) in [5, 5.41) is 11.8. The summed E-state index contributed by atoms with van der Waals surface area (Å²) in [6.45, 7) is 6.72. The van der Waals surface area contributed by atoms with Crippen LogP contribution in [0.3, 0.4) is 0 Å². The lowest BCUT2D eigenvalue weighted by molar-refractivity contribution is -0.0955. The Bertz CT molecular complexity index is 1390. The Morgan fingerprint density at radius 2 is 1.93 bits per heavy atom. The van der Waals surface area contributed by atoms with Crippen LogP contribution in [-0.2, 0) is 11.8 Å². The average molecular weight is 567 g/mol. The number of rotatable bonds is 12. The number of hydrogen-bond acceptors (Lipinski definition) is 8. The van der Waals surface area contributed by atoms with Gasteiger partial charge in [0.1, 0.15) is 17.9 Å². The fourth-order valence-corrected chi connectivity index (χ4v) is 5.32. The number of likely N-dealkylation sites (tertiary alicyclic amines) is 1. The topological polar surface area (TPSA) is 83.4 Å². The molecule has 0 aliphatic carbocycles. The van der Waals surface area contributed by atoms with Crippen LogP contribution < -0.4 is 10.6 Å². The van der Waals surface area contributed by atoms with Crippen molar-refractivity contribution in [2.75, 3.05) is 38.5 Å². The summed E-state index contributed by atoms with van der Waals surface area (Å²) in [7, 11) is 3.73. The van der Waals surface area contributed by atoms with Crippen LogP contribution in [0, 0.1) is 0 Å². The van der Waals surface area contributed by atoms with E-state index in [1.165, 1.54) is 6.33 Å². The second-order valence-corrected chi connectivity index (χ2v) is 9.93. The van der Waals surface area contributed by atoms with Crippen molar-refractivity contribution in [3.63, 3.8) is 0 Å². The van der Waals surface area contributed by atoms with E-state index in [4.69, 9.17) is 0 Å². The maximum absolute atomic E-state index is 13.0. The highest BCUT2D eigenvalue weighted by Crippen LogP contribution is 2.25. The van der Waals surface area contributed by atoms with E-state index in [1.807, 2.05) is 49.2 Å². The highest BCUT2D eigenvalue weighted by Gasteiger charge is 2.25. The number of fused-ring (bicyclic) bond motifs is 1. The second-order valence-electron chi connectivity index (χ2n) is 9.93. The van der Waals surface area contributed by atoms with Crippen molar-refractivity contribution in [2.45, 2.75) is 46.3 Å². The summed E-state index contributed by atoms with van der Waals surface area (Å²) in [5.74, 6) is 0.780. The number of anilines is 1. The van der Waals surface area contributed by atoms with Gasteiger partial charge in [-0.15, -0.1) is 0 Å². The van der Waals surface area contributed by atoms with Crippen LogP contribution in [0.25, 0.3) is 22.2 Å². The van der Waals surface area contributed by atoms with E-state index in [0.717, 1.165) is 72.6 Å². The van der Waals surface area contributed by atoms with E-state index in [9.17, 15) is 8.78 Å². The molecular weight excluding hydrogens is 526 g/mol. The predicted octanol–water partition coefficient (Wildman–Crippen LogP) is 5.34. The van der Waals surface area contributed by atoms with Gasteiger partial charge in [0.2, 0.25) is 0 Å². The third-order valence-corrected chi connectivity index (χ3v) is 7.49. The van der Waals surface area contributed by atoms with Crippen LogP contribution in [0.2, 0.25) is 0 Å². The molecule has 1 aliphatic rings. The molecule has 0 amide bonds. The number of hydrogen-bond donors (Lipinski definition) is 2. The Hall–Kier alpha value is -3.99. The van der Waals surface area contributed by atoms with Gasteiger partial charge in [0.25, 0.3) is 0 Å². The monoisotopic (exact) mass is 566 g/mol. The minimum absolute atomic E-state index is 0.154. The molecule has 1 aliphatic heterocycles. The van der Waals surface area contributed by atoms with Crippen LogP contribution in [0.1, 0.15) is 33.6 Å². The number of nitrogens with zero attached hydrogens (tertiary/aromatic N) is 6. The van der Waals surface area contributed by atoms with E-state index in [-0.39, 0.29) is 5.76 Å². The minimum Gasteiger partial charge on any atom is -0.440 e. The van der Waals surface area contributed by atoms with Crippen LogP contribution >= 0.6 is 0 Å². The summed E-state index contributed by atoms with van der Waals surface area (Å²) in [4.78, 5) is 13.5. The molecule has 3 heterocycles. The molecule has 11 heteroatoms. The van der Waals surface area contributed by atoms with Crippen molar-refractivity contribution in [1.29, 1.82) is 0 Å². The molecule has 2 aromatic heterocycles. The molecule has 1 fully saturated rings. The lowest BCUT2D eigenvalue weighted by atomic mass is 10.0. The third kappa shape index (κ3) is 7.60. The Balaban J connectivity index is 1.55. The van der Waals surface area contributed by atoms with Crippen LogP contribution in [-0.4, -0.2) is 75.4 Å². The molecule has 0 unspecified atom stereocenters. The molecule has 0 atom stereocenters. The molecule has 0 bridgehead atoms. The maximum atomic E-state index is 13.0. The number of piperidine rings is 1. The average Bonchev–Trinajstić information content (AvgIpc) is 3.35. The van der Waals surface area contributed by atoms with Crippen molar-refractivity contribution in [3.05, 3.63) is 72.3 Å². The molecule has 1 aromatic carbocycles. The molecule has 0 spiro atoms. The smallest absolute Gasteiger partial charge is 0.387 e. The lowest BCUT2D eigenvalue weighted by Crippen LogP contribution is -2.44. The number of allylic oxidation sites excluding steroid dienone is 3. The van der Waals surface area contributed by atoms with Gasteiger partial charge in [0, 0.05) is 62.5 Å². The highest BCUT2D eigenvalue weighted by atomic mass is 19.3. The summed E-state index contributed by atoms with van der Waals surface area (Å²) in [6.07, 6.45) is 10.7. The van der Waals surface area contributed by atoms with Crippen LogP contribution in [0.4, 0.5) is 14.6 Å². The number of nitrogens with one attached hydrogen (secondary N) is 2. The number of ether oxygens (including phenoxy) is 1. The largest absolute Gasteiger partial charge is 0.440 e. The van der Waals surface area contributed by atoms with Gasteiger partial charge in [-0.25, -0.2) is 9.97 Å². The summed E-state index contributed by atoms with van der Waals surface area (Å²) in [5.41, 5.74) is 4.33. The van der Waals surface area contributed by atoms with E-state index in [1.54, 1.807) is 19.2 Å². The maximum Gasteiger partial charge on any atom is 0.387 e. The van der Waals surface area contributed by atoms with E-state index >= 15 is 0 Å².